The van der Waals surface area contributed by atoms with Gasteiger partial charge in [-0.25, -0.2) is 4.98 Å². The summed E-state index contributed by atoms with van der Waals surface area (Å²) in [5, 5.41) is 0.989. The second-order valence-electron chi connectivity index (χ2n) is 5.59. The molecule has 1 aromatic carbocycles. The number of methoxy groups -OCH3 is 1. The number of hydrogen-bond acceptors (Lipinski definition) is 6. The summed E-state index contributed by atoms with van der Waals surface area (Å²) < 4.78 is 13.2. The molecule has 24 heavy (non-hydrogen) atoms. The Bertz CT molecular complexity index is 724. The second kappa shape index (κ2) is 7.66. The standard InChI is InChI=1S/C17H18BrNO3S2/c1-11(20)12-3-5-13(6-4-12)23-15-14(18)19-16(24-15)17(21-2)7-9-22-10-8-17/h3-6H,7-10H2,1-2H3. The van der Waals surface area contributed by atoms with Crippen molar-refractivity contribution in [2.24, 2.45) is 0 Å². The number of ketones is 1. The zero-order chi connectivity index (χ0) is 17.2. The van der Waals surface area contributed by atoms with Crippen molar-refractivity contribution < 1.29 is 14.3 Å². The molecule has 4 nitrogen and oxygen atoms in total. The number of nitrogens with zero attached hydrogens (tertiary/aromatic N) is 1. The van der Waals surface area contributed by atoms with E-state index in [2.05, 4.69) is 15.9 Å². The highest BCUT2D eigenvalue weighted by atomic mass is 79.9. The fraction of sp³-hybridized carbons (Fsp3) is 0.412. The summed E-state index contributed by atoms with van der Waals surface area (Å²) in [7, 11) is 1.74. The molecule has 1 aromatic heterocycles. The van der Waals surface area contributed by atoms with E-state index in [4.69, 9.17) is 14.5 Å². The molecule has 1 saturated heterocycles. The van der Waals surface area contributed by atoms with Gasteiger partial charge < -0.3 is 9.47 Å². The molecule has 0 atom stereocenters. The van der Waals surface area contributed by atoms with Gasteiger partial charge in [-0.15, -0.1) is 11.3 Å². The number of rotatable bonds is 5. The number of Topliss-reactive ketones (excluding diaryl/α,β-unsaturated/α-hetero) is 1. The molecule has 0 aliphatic carbocycles. The van der Waals surface area contributed by atoms with Crippen LogP contribution >= 0.6 is 39.0 Å². The topological polar surface area (TPSA) is 48.4 Å². The molecule has 0 amide bonds. The minimum Gasteiger partial charge on any atom is -0.381 e. The number of carbonyl (C=O) groups excluding carboxylic acids is 1. The van der Waals surface area contributed by atoms with E-state index in [1.165, 1.54) is 0 Å². The molecular weight excluding hydrogens is 410 g/mol. The van der Waals surface area contributed by atoms with Crippen LogP contribution in [0.5, 0.6) is 0 Å². The Hall–Kier alpha value is -0.730. The number of thiazole rings is 1. The van der Waals surface area contributed by atoms with E-state index in [0.717, 1.165) is 37.1 Å². The summed E-state index contributed by atoms with van der Waals surface area (Å²) in [5.41, 5.74) is 0.381. The van der Waals surface area contributed by atoms with Crippen LogP contribution in [0.25, 0.3) is 0 Å². The highest BCUT2D eigenvalue weighted by Crippen LogP contribution is 2.44. The molecule has 2 heterocycles. The van der Waals surface area contributed by atoms with Gasteiger partial charge in [0.05, 0.1) is 4.21 Å². The summed E-state index contributed by atoms with van der Waals surface area (Å²) in [5.74, 6) is 0.0781. The summed E-state index contributed by atoms with van der Waals surface area (Å²) in [4.78, 5) is 17.1. The Morgan fingerprint density at radius 1 is 1.33 bits per heavy atom. The van der Waals surface area contributed by atoms with Crippen molar-refractivity contribution >= 4 is 44.8 Å². The first kappa shape index (κ1) is 18.1. The highest BCUT2D eigenvalue weighted by molar-refractivity contribution is 9.10. The lowest BCUT2D eigenvalue weighted by Gasteiger charge is -2.33. The lowest BCUT2D eigenvalue weighted by Crippen LogP contribution is -2.35. The summed E-state index contributed by atoms with van der Waals surface area (Å²) >= 11 is 6.86. The maximum Gasteiger partial charge on any atom is 0.159 e. The van der Waals surface area contributed by atoms with E-state index < -0.39 is 0 Å². The number of carbonyl (C=O) groups is 1. The number of halogens is 1. The number of ether oxygens (including phenoxy) is 2. The molecule has 0 spiro atoms. The van der Waals surface area contributed by atoms with Crippen LogP contribution in [0.1, 0.15) is 35.1 Å². The van der Waals surface area contributed by atoms with Gasteiger partial charge in [-0.05, 0) is 35.0 Å². The van der Waals surface area contributed by atoms with E-state index in [-0.39, 0.29) is 11.4 Å². The molecule has 2 aromatic rings. The summed E-state index contributed by atoms with van der Waals surface area (Å²) in [6.45, 7) is 2.96. The van der Waals surface area contributed by atoms with Crippen molar-refractivity contribution in [2.45, 2.75) is 34.5 Å². The Kier molecular flexibility index (Phi) is 5.77. The van der Waals surface area contributed by atoms with Crippen LogP contribution in [0.4, 0.5) is 0 Å². The predicted molar refractivity (Wildman–Crippen MR) is 99.1 cm³/mol. The van der Waals surface area contributed by atoms with E-state index in [1.54, 1.807) is 37.1 Å². The number of benzene rings is 1. The zero-order valence-electron chi connectivity index (χ0n) is 13.5. The minimum atomic E-state index is -0.345. The molecule has 0 bridgehead atoms. The van der Waals surface area contributed by atoms with Crippen molar-refractivity contribution in [3.05, 3.63) is 39.4 Å². The van der Waals surface area contributed by atoms with Gasteiger partial charge >= 0.3 is 0 Å². The van der Waals surface area contributed by atoms with Crippen LogP contribution in [-0.4, -0.2) is 31.1 Å². The molecule has 1 fully saturated rings. The largest absolute Gasteiger partial charge is 0.381 e. The Balaban J connectivity index is 1.82. The Morgan fingerprint density at radius 2 is 2.00 bits per heavy atom. The van der Waals surface area contributed by atoms with E-state index in [0.29, 0.717) is 13.2 Å². The van der Waals surface area contributed by atoms with Crippen molar-refractivity contribution in [3.8, 4) is 0 Å². The lowest BCUT2D eigenvalue weighted by molar-refractivity contribution is -0.0948. The normalized spacial score (nSPS) is 17.0. The van der Waals surface area contributed by atoms with Gasteiger partial charge in [-0.2, -0.15) is 0 Å². The van der Waals surface area contributed by atoms with Gasteiger partial charge in [0, 0.05) is 43.6 Å². The fourth-order valence-corrected chi connectivity index (χ4v) is 5.62. The first-order chi connectivity index (χ1) is 11.5. The SMILES string of the molecule is COC1(c2nc(Br)c(Sc3ccc(C(C)=O)cc3)s2)CCOCC1. The second-order valence-corrected chi connectivity index (χ2v) is 8.68. The number of hydrogen-bond donors (Lipinski definition) is 0. The maximum absolute atomic E-state index is 11.4. The minimum absolute atomic E-state index is 0.0781. The van der Waals surface area contributed by atoms with E-state index in [1.807, 2.05) is 24.3 Å². The van der Waals surface area contributed by atoms with Crippen LogP contribution in [0.3, 0.4) is 0 Å². The Morgan fingerprint density at radius 3 is 2.58 bits per heavy atom. The molecule has 3 rings (SSSR count). The van der Waals surface area contributed by atoms with Gasteiger partial charge in [0.2, 0.25) is 0 Å². The van der Waals surface area contributed by atoms with Gasteiger partial charge in [0.15, 0.2) is 5.78 Å². The van der Waals surface area contributed by atoms with Gasteiger partial charge in [0.1, 0.15) is 15.2 Å². The summed E-state index contributed by atoms with van der Waals surface area (Å²) in [6.07, 6.45) is 1.64. The van der Waals surface area contributed by atoms with Gasteiger partial charge in [-0.3, -0.25) is 4.79 Å². The van der Waals surface area contributed by atoms with E-state index in [9.17, 15) is 4.79 Å². The fourth-order valence-electron chi connectivity index (χ4n) is 2.62. The van der Waals surface area contributed by atoms with E-state index >= 15 is 0 Å². The quantitative estimate of drug-likeness (QED) is 0.634. The van der Waals surface area contributed by atoms with Crippen molar-refractivity contribution in [3.63, 3.8) is 0 Å². The predicted octanol–water partition coefficient (Wildman–Crippen LogP) is 4.91. The maximum atomic E-state index is 11.4. The molecular formula is C17H18BrNO3S2. The third-order valence-electron chi connectivity index (χ3n) is 4.11. The van der Waals surface area contributed by atoms with Gasteiger partial charge in [0.25, 0.3) is 0 Å². The van der Waals surface area contributed by atoms with Crippen LogP contribution in [-0.2, 0) is 15.1 Å². The van der Waals surface area contributed by atoms with Crippen LogP contribution in [0.2, 0.25) is 0 Å². The lowest BCUT2D eigenvalue weighted by atomic mass is 9.95. The zero-order valence-corrected chi connectivity index (χ0v) is 16.7. The molecule has 1 aliphatic heterocycles. The average Bonchev–Trinajstić information content (AvgIpc) is 2.97. The third kappa shape index (κ3) is 3.75. The average molecular weight is 428 g/mol. The molecule has 1 aliphatic rings. The van der Waals surface area contributed by atoms with Crippen LogP contribution in [0, 0.1) is 0 Å². The molecule has 0 saturated carbocycles. The smallest absolute Gasteiger partial charge is 0.159 e. The first-order valence-electron chi connectivity index (χ1n) is 7.63. The first-order valence-corrected chi connectivity index (χ1v) is 10.1. The molecule has 0 N–H and O–H groups in total. The van der Waals surface area contributed by atoms with Crippen molar-refractivity contribution in [1.29, 1.82) is 0 Å². The monoisotopic (exact) mass is 427 g/mol. The van der Waals surface area contributed by atoms with Crippen LogP contribution in [0.15, 0.2) is 38.0 Å². The number of aromatic nitrogens is 1. The Labute approximate surface area is 158 Å². The molecule has 0 unspecified atom stereocenters. The molecule has 128 valence electrons. The van der Waals surface area contributed by atoms with Crippen molar-refractivity contribution in [2.75, 3.05) is 20.3 Å². The molecule has 0 radical (unpaired) electrons. The molecule has 7 heteroatoms. The van der Waals surface area contributed by atoms with Crippen LogP contribution < -0.4 is 0 Å². The third-order valence-corrected chi connectivity index (χ3v) is 7.63. The summed E-state index contributed by atoms with van der Waals surface area (Å²) in [6, 6.07) is 7.65. The van der Waals surface area contributed by atoms with Crippen molar-refractivity contribution in [1.82, 2.24) is 4.98 Å². The highest BCUT2D eigenvalue weighted by Gasteiger charge is 2.38. The van der Waals surface area contributed by atoms with Gasteiger partial charge in [-0.1, -0.05) is 23.9 Å².